The van der Waals surface area contributed by atoms with Gasteiger partial charge < -0.3 is 4.74 Å². The van der Waals surface area contributed by atoms with Gasteiger partial charge >= 0.3 is 0 Å². The SMILES string of the molecule is CC1CCC(C(C)(C)C)CO1. The minimum atomic E-state index is 0.431. The Balaban J connectivity index is 2.39. The molecule has 1 nitrogen and oxygen atoms in total. The lowest BCUT2D eigenvalue weighted by Gasteiger charge is -2.35. The molecule has 0 aliphatic carbocycles. The molecule has 1 heterocycles. The summed E-state index contributed by atoms with van der Waals surface area (Å²) in [4.78, 5) is 0. The van der Waals surface area contributed by atoms with E-state index in [-0.39, 0.29) is 0 Å². The van der Waals surface area contributed by atoms with Gasteiger partial charge in [0.25, 0.3) is 0 Å². The van der Waals surface area contributed by atoms with E-state index in [1.54, 1.807) is 0 Å². The van der Waals surface area contributed by atoms with Crippen molar-refractivity contribution < 1.29 is 4.74 Å². The van der Waals surface area contributed by atoms with E-state index in [1.165, 1.54) is 12.8 Å². The molecule has 1 rings (SSSR count). The molecule has 0 N–H and O–H groups in total. The molecule has 0 aromatic rings. The second kappa shape index (κ2) is 3.14. The monoisotopic (exact) mass is 156 g/mol. The van der Waals surface area contributed by atoms with Crippen LogP contribution in [0, 0.1) is 11.3 Å². The molecule has 1 fully saturated rings. The van der Waals surface area contributed by atoms with E-state index in [1.807, 2.05) is 0 Å². The van der Waals surface area contributed by atoms with E-state index in [0.717, 1.165) is 12.5 Å². The van der Waals surface area contributed by atoms with Crippen LogP contribution in [0.5, 0.6) is 0 Å². The molecule has 66 valence electrons. The average molecular weight is 156 g/mol. The summed E-state index contributed by atoms with van der Waals surface area (Å²) >= 11 is 0. The summed E-state index contributed by atoms with van der Waals surface area (Å²) in [5.41, 5.74) is 0.431. The molecule has 0 amide bonds. The Morgan fingerprint density at radius 3 is 2.18 bits per heavy atom. The van der Waals surface area contributed by atoms with Crippen LogP contribution in [0.4, 0.5) is 0 Å². The molecule has 1 aliphatic rings. The van der Waals surface area contributed by atoms with Gasteiger partial charge in [0.15, 0.2) is 0 Å². The standard InChI is InChI=1S/C10H20O/c1-8-5-6-9(7-11-8)10(2,3)4/h8-9H,5-7H2,1-4H3. The summed E-state index contributed by atoms with van der Waals surface area (Å²) in [6.45, 7) is 10.0. The Bertz CT molecular complexity index is 115. The van der Waals surface area contributed by atoms with Crippen LogP contribution in [0.25, 0.3) is 0 Å². The first-order chi connectivity index (χ1) is 5.00. The first-order valence-electron chi connectivity index (χ1n) is 4.62. The molecule has 0 bridgehead atoms. The lowest BCUT2D eigenvalue weighted by Crippen LogP contribution is -2.32. The molecular weight excluding hydrogens is 136 g/mol. The van der Waals surface area contributed by atoms with Crippen LogP contribution >= 0.6 is 0 Å². The van der Waals surface area contributed by atoms with Crippen LogP contribution in [0.3, 0.4) is 0 Å². The molecule has 0 radical (unpaired) electrons. The summed E-state index contributed by atoms with van der Waals surface area (Å²) in [7, 11) is 0. The van der Waals surface area contributed by atoms with Gasteiger partial charge in [0.2, 0.25) is 0 Å². The summed E-state index contributed by atoms with van der Waals surface area (Å²) in [6.07, 6.45) is 3.07. The molecule has 2 atom stereocenters. The number of hydrogen-bond donors (Lipinski definition) is 0. The highest BCUT2D eigenvalue weighted by Crippen LogP contribution is 2.33. The lowest BCUT2D eigenvalue weighted by molar-refractivity contribution is -0.0369. The molecule has 1 aliphatic heterocycles. The number of ether oxygens (including phenoxy) is 1. The minimum Gasteiger partial charge on any atom is -0.378 e. The molecule has 0 saturated carbocycles. The highest BCUT2D eigenvalue weighted by molar-refractivity contribution is 4.77. The van der Waals surface area contributed by atoms with Gasteiger partial charge in [-0.2, -0.15) is 0 Å². The van der Waals surface area contributed by atoms with Crippen LogP contribution < -0.4 is 0 Å². The highest BCUT2D eigenvalue weighted by Gasteiger charge is 2.28. The number of hydrogen-bond acceptors (Lipinski definition) is 1. The summed E-state index contributed by atoms with van der Waals surface area (Å²) in [5, 5.41) is 0. The Morgan fingerprint density at radius 2 is 1.82 bits per heavy atom. The van der Waals surface area contributed by atoms with Gasteiger partial charge in [0, 0.05) is 0 Å². The van der Waals surface area contributed by atoms with Crippen molar-refractivity contribution in [2.24, 2.45) is 11.3 Å². The van der Waals surface area contributed by atoms with Crippen molar-refractivity contribution in [3.63, 3.8) is 0 Å². The van der Waals surface area contributed by atoms with Gasteiger partial charge in [-0.25, -0.2) is 0 Å². The van der Waals surface area contributed by atoms with E-state index in [2.05, 4.69) is 27.7 Å². The van der Waals surface area contributed by atoms with Crippen LogP contribution in [-0.4, -0.2) is 12.7 Å². The zero-order valence-corrected chi connectivity index (χ0v) is 8.18. The fraction of sp³-hybridized carbons (Fsp3) is 1.00. The second-order valence-corrected chi connectivity index (χ2v) is 4.78. The maximum absolute atomic E-state index is 5.62. The van der Waals surface area contributed by atoms with Gasteiger partial charge in [-0.3, -0.25) is 0 Å². The van der Waals surface area contributed by atoms with Crippen LogP contribution in [0.1, 0.15) is 40.5 Å². The third kappa shape index (κ3) is 2.48. The third-order valence-corrected chi connectivity index (χ3v) is 2.73. The van der Waals surface area contributed by atoms with Gasteiger partial charge in [-0.1, -0.05) is 20.8 Å². The molecule has 0 aromatic heterocycles. The van der Waals surface area contributed by atoms with E-state index in [9.17, 15) is 0 Å². The van der Waals surface area contributed by atoms with Crippen molar-refractivity contribution in [3.8, 4) is 0 Å². The predicted octanol–water partition coefficient (Wildman–Crippen LogP) is 2.85. The van der Waals surface area contributed by atoms with E-state index in [0.29, 0.717) is 11.5 Å². The Morgan fingerprint density at radius 1 is 1.18 bits per heavy atom. The fourth-order valence-corrected chi connectivity index (χ4v) is 1.57. The lowest BCUT2D eigenvalue weighted by atomic mass is 9.77. The van der Waals surface area contributed by atoms with Crippen LogP contribution in [0.2, 0.25) is 0 Å². The zero-order chi connectivity index (χ0) is 8.48. The molecular formula is C10H20O. The summed E-state index contributed by atoms with van der Waals surface area (Å²) in [5.74, 6) is 0.763. The average Bonchev–Trinajstić information content (AvgIpc) is 1.86. The first-order valence-corrected chi connectivity index (χ1v) is 4.62. The predicted molar refractivity (Wildman–Crippen MR) is 47.6 cm³/mol. The van der Waals surface area contributed by atoms with Crippen molar-refractivity contribution in [2.75, 3.05) is 6.61 Å². The number of rotatable bonds is 0. The Hall–Kier alpha value is -0.0400. The summed E-state index contributed by atoms with van der Waals surface area (Å²) < 4.78 is 5.62. The Labute approximate surface area is 70.1 Å². The molecule has 0 spiro atoms. The normalized spacial score (nSPS) is 33.8. The molecule has 11 heavy (non-hydrogen) atoms. The van der Waals surface area contributed by atoms with Gasteiger partial charge in [0.1, 0.15) is 0 Å². The molecule has 1 heteroatoms. The molecule has 0 aromatic carbocycles. The van der Waals surface area contributed by atoms with E-state index in [4.69, 9.17) is 4.74 Å². The fourth-order valence-electron chi connectivity index (χ4n) is 1.57. The van der Waals surface area contributed by atoms with Gasteiger partial charge in [-0.15, -0.1) is 0 Å². The largest absolute Gasteiger partial charge is 0.378 e. The van der Waals surface area contributed by atoms with Crippen molar-refractivity contribution in [1.82, 2.24) is 0 Å². The van der Waals surface area contributed by atoms with Crippen LogP contribution in [-0.2, 0) is 4.74 Å². The topological polar surface area (TPSA) is 9.23 Å². The maximum atomic E-state index is 5.62. The minimum absolute atomic E-state index is 0.431. The molecule has 1 saturated heterocycles. The van der Waals surface area contributed by atoms with Gasteiger partial charge in [0.05, 0.1) is 12.7 Å². The first kappa shape index (κ1) is 9.05. The van der Waals surface area contributed by atoms with Crippen molar-refractivity contribution in [2.45, 2.75) is 46.6 Å². The van der Waals surface area contributed by atoms with E-state index < -0.39 is 0 Å². The summed E-state index contributed by atoms with van der Waals surface area (Å²) in [6, 6.07) is 0. The second-order valence-electron chi connectivity index (χ2n) is 4.78. The zero-order valence-electron chi connectivity index (χ0n) is 8.18. The van der Waals surface area contributed by atoms with Crippen LogP contribution in [0.15, 0.2) is 0 Å². The molecule has 2 unspecified atom stereocenters. The van der Waals surface area contributed by atoms with Crippen molar-refractivity contribution in [3.05, 3.63) is 0 Å². The van der Waals surface area contributed by atoms with Crippen molar-refractivity contribution >= 4 is 0 Å². The quantitative estimate of drug-likeness (QED) is 0.524. The van der Waals surface area contributed by atoms with Crippen molar-refractivity contribution in [1.29, 1.82) is 0 Å². The third-order valence-electron chi connectivity index (χ3n) is 2.73. The van der Waals surface area contributed by atoms with E-state index >= 15 is 0 Å². The van der Waals surface area contributed by atoms with Gasteiger partial charge in [-0.05, 0) is 31.1 Å². The Kier molecular flexibility index (Phi) is 2.58. The highest BCUT2D eigenvalue weighted by atomic mass is 16.5. The smallest absolute Gasteiger partial charge is 0.0547 e. The maximum Gasteiger partial charge on any atom is 0.0547 e.